The second kappa shape index (κ2) is 13.8. The van der Waals surface area contributed by atoms with Crippen LogP contribution in [0.4, 0.5) is 13.2 Å². The van der Waals surface area contributed by atoms with Crippen molar-refractivity contribution >= 4 is 21.2 Å². The average Bonchev–Trinajstić information content (AvgIpc) is 3.28. The number of aryl methyl sites for hydroxylation is 1. The summed E-state index contributed by atoms with van der Waals surface area (Å²) in [6.07, 6.45) is 1.06. The van der Waals surface area contributed by atoms with E-state index in [1.165, 1.54) is 30.4 Å². The Morgan fingerprint density at radius 3 is 2.19 bits per heavy atom. The summed E-state index contributed by atoms with van der Waals surface area (Å²) in [4.78, 5) is 1.03. The van der Waals surface area contributed by atoms with Crippen molar-refractivity contribution in [2.24, 2.45) is 5.92 Å². The smallest absolute Gasteiger partial charge is 0.385 e. The third-order valence-corrected chi connectivity index (χ3v) is 8.69. The number of halogens is 3. The van der Waals surface area contributed by atoms with E-state index in [2.05, 4.69) is 31.8 Å². The molecule has 1 heterocycles. The third-order valence-electron chi connectivity index (χ3n) is 5.87. The number of sulfone groups is 1. The summed E-state index contributed by atoms with van der Waals surface area (Å²) in [5.74, 6) is 0.445. The highest BCUT2D eigenvalue weighted by molar-refractivity contribution is 7.92. The van der Waals surface area contributed by atoms with E-state index in [-0.39, 0.29) is 0 Å². The van der Waals surface area contributed by atoms with Gasteiger partial charge in [-0.2, -0.15) is 13.2 Å². The number of allylic oxidation sites excluding steroid dienone is 1. The number of hydrogen-bond donors (Lipinski definition) is 1. The van der Waals surface area contributed by atoms with Gasteiger partial charge in [-0.25, -0.2) is 8.42 Å². The largest absolute Gasteiger partial charge is 0.416 e. The monoisotopic (exact) mass is 551 g/mol. The van der Waals surface area contributed by atoms with Crippen LogP contribution in [-0.2, 0) is 29.0 Å². The first kappa shape index (κ1) is 30.6. The third kappa shape index (κ3) is 10.7. The van der Waals surface area contributed by atoms with Crippen molar-refractivity contribution in [3.05, 3.63) is 100 Å². The minimum absolute atomic E-state index is 0.445. The van der Waals surface area contributed by atoms with Gasteiger partial charge in [0.15, 0.2) is 9.84 Å². The average molecular weight is 552 g/mol. The van der Waals surface area contributed by atoms with Gasteiger partial charge in [0.2, 0.25) is 0 Å². The molecule has 0 aliphatic heterocycles. The van der Waals surface area contributed by atoms with E-state index in [1.54, 1.807) is 24.3 Å². The van der Waals surface area contributed by atoms with Gasteiger partial charge < -0.3 is 5.32 Å². The summed E-state index contributed by atoms with van der Waals surface area (Å²) in [5.41, 5.74) is 3.53. The van der Waals surface area contributed by atoms with Gasteiger partial charge in [0.1, 0.15) is 4.21 Å². The van der Waals surface area contributed by atoms with Crippen molar-refractivity contribution in [3.63, 3.8) is 0 Å². The van der Waals surface area contributed by atoms with Gasteiger partial charge in [-0.05, 0) is 66.6 Å². The lowest BCUT2D eigenvalue weighted by Gasteiger charge is -2.17. The van der Waals surface area contributed by atoms with Gasteiger partial charge in [0.25, 0.3) is 0 Å². The number of unbranched alkanes of at least 4 members (excludes halogenated alkanes) is 1. The lowest BCUT2D eigenvalue weighted by Crippen LogP contribution is -2.17. The molecule has 0 amide bonds. The SMILES string of the molecule is C=C(NCc1cccc(Cc2ccc(C(F)(F)F)cc2)c1)C(C)CCCC.Cc1ccc(S(C)(=O)=O)s1. The van der Waals surface area contributed by atoms with E-state index in [1.807, 2.05) is 25.1 Å². The van der Waals surface area contributed by atoms with Crippen molar-refractivity contribution in [3.8, 4) is 0 Å². The molecule has 3 nitrogen and oxygen atoms in total. The number of thiophene rings is 1. The molecule has 37 heavy (non-hydrogen) atoms. The quantitative estimate of drug-likeness (QED) is 0.276. The maximum atomic E-state index is 12.7. The molecule has 0 radical (unpaired) electrons. The highest BCUT2D eigenvalue weighted by Crippen LogP contribution is 2.29. The lowest BCUT2D eigenvalue weighted by atomic mass is 10.00. The van der Waals surface area contributed by atoms with Gasteiger partial charge in [-0.15, -0.1) is 11.3 Å². The van der Waals surface area contributed by atoms with Crippen LogP contribution in [-0.4, -0.2) is 14.7 Å². The first-order valence-corrected chi connectivity index (χ1v) is 14.9. The molecule has 1 unspecified atom stereocenters. The Kier molecular flexibility index (Phi) is 11.4. The molecule has 1 aromatic heterocycles. The number of benzene rings is 2. The lowest BCUT2D eigenvalue weighted by molar-refractivity contribution is -0.137. The van der Waals surface area contributed by atoms with Crippen molar-refractivity contribution in [2.45, 2.75) is 63.4 Å². The van der Waals surface area contributed by atoms with Crippen molar-refractivity contribution < 1.29 is 21.6 Å². The molecule has 3 rings (SSSR count). The van der Waals surface area contributed by atoms with E-state index in [0.29, 0.717) is 23.1 Å². The Morgan fingerprint density at radius 2 is 1.68 bits per heavy atom. The molecule has 0 saturated heterocycles. The van der Waals surface area contributed by atoms with E-state index in [4.69, 9.17) is 0 Å². The van der Waals surface area contributed by atoms with Gasteiger partial charge in [-0.3, -0.25) is 0 Å². The van der Waals surface area contributed by atoms with E-state index in [0.717, 1.165) is 45.8 Å². The number of nitrogens with one attached hydrogen (secondary N) is 1. The molecule has 2 aromatic carbocycles. The molecule has 0 saturated carbocycles. The van der Waals surface area contributed by atoms with Crippen LogP contribution < -0.4 is 5.32 Å². The van der Waals surface area contributed by atoms with Crippen LogP contribution in [0.2, 0.25) is 0 Å². The fourth-order valence-corrected chi connectivity index (χ4v) is 5.49. The van der Waals surface area contributed by atoms with Gasteiger partial charge in [-0.1, -0.05) is 69.7 Å². The maximum absolute atomic E-state index is 12.7. The Labute approximate surface area is 223 Å². The maximum Gasteiger partial charge on any atom is 0.416 e. The second-order valence-corrected chi connectivity index (χ2v) is 12.8. The normalized spacial score (nSPS) is 12.4. The molecule has 8 heteroatoms. The highest BCUT2D eigenvalue weighted by Gasteiger charge is 2.29. The Hall–Kier alpha value is -2.58. The van der Waals surface area contributed by atoms with Gasteiger partial charge in [0, 0.05) is 23.4 Å². The van der Waals surface area contributed by atoms with Gasteiger partial charge in [0.05, 0.1) is 5.56 Å². The summed E-state index contributed by atoms with van der Waals surface area (Å²) in [5, 5.41) is 3.40. The first-order chi connectivity index (χ1) is 17.3. The molecule has 0 aliphatic carbocycles. The number of rotatable bonds is 10. The zero-order valence-corrected chi connectivity index (χ0v) is 23.5. The molecule has 0 aliphatic rings. The summed E-state index contributed by atoms with van der Waals surface area (Å²) < 4.78 is 60.1. The molecular formula is C29H36F3NO2S2. The number of alkyl halides is 3. The second-order valence-electron chi connectivity index (χ2n) is 9.25. The Balaban J connectivity index is 0.000000402. The predicted molar refractivity (Wildman–Crippen MR) is 148 cm³/mol. The molecule has 1 atom stereocenters. The van der Waals surface area contributed by atoms with Gasteiger partial charge >= 0.3 is 6.18 Å². The topological polar surface area (TPSA) is 46.2 Å². The van der Waals surface area contributed by atoms with Crippen LogP contribution >= 0.6 is 11.3 Å². The van der Waals surface area contributed by atoms with Crippen molar-refractivity contribution in [1.29, 1.82) is 0 Å². The van der Waals surface area contributed by atoms with Crippen LogP contribution in [0.5, 0.6) is 0 Å². The molecule has 0 bridgehead atoms. The van der Waals surface area contributed by atoms with E-state index in [9.17, 15) is 21.6 Å². The van der Waals surface area contributed by atoms with Crippen LogP contribution in [0.1, 0.15) is 60.2 Å². The summed E-state index contributed by atoms with van der Waals surface area (Å²) >= 11 is 1.31. The zero-order chi connectivity index (χ0) is 27.6. The fraction of sp³-hybridized carbons (Fsp3) is 0.379. The van der Waals surface area contributed by atoms with Crippen molar-refractivity contribution in [1.82, 2.24) is 5.32 Å². The van der Waals surface area contributed by atoms with Crippen LogP contribution in [0.25, 0.3) is 0 Å². The number of hydrogen-bond acceptors (Lipinski definition) is 4. The standard InChI is InChI=1S/C23H28F3N.C6H8O2S2/c1-4-5-7-17(2)18(3)27-16-21-9-6-8-20(15-21)14-19-10-12-22(13-11-19)23(24,25)26;1-5-3-4-6(9-5)10(2,7)8/h6,8-13,15,17,27H,3-5,7,14,16H2,1-2H3;3-4H,1-2H3. The van der Waals surface area contributed by atoms with Crippen LogP contribution in [0.15, 0.2) is 77.1 Å². The highest BCUT2D eigenvalue weighted by atomic mass is 32.2. The minimum Gasteiger partial charge on any atom is -0.385 e. The van der Waals surface area contributed by atoms with E-state index >= 15 is 0 Å². The van der Waals surface area contributed by atoms with E-state index < -0.39 is 21.6 Å². The summed E-state index contributed by atoms with van der Waals surface area (Å²) in [6.45, 7) is 11.1. The molecule has 0 fully saturated rings. The zero-order valence-electron chi connectivity index (χ0n) is 21.9. The summed E-state index contributed by atoms with van der Waals surface area (Å²) in [7, 11) is -2.96. The first-order valence-electron chi connectivity index (χ1n) is 12.2. The molecule has 1 N–H and O–H groups in total. The molecule has 3 aromatic rings. The fourth-order valence-electron chi connectivity index (χ4n) is 3.58. The Morgan fingerprint density at radius 1 is 1.03 bits per heavy atom. The molecule has 0 spiro atoms. The van der Waals surface area contributed by atoms with Crippen LogP contribution in [0.3, 0.4) is 0 Å². The Bertz CT molecular complexity index is 1250. The predicted octanol–water partition coefficient (Wildman–Crippen LogP) is 8.19. The van der Waals surface area contributed by atoms with Crippen molar-refractivity contribution in [2.75, 3.05) is 6.26 Å². The molecule has 202 valence electrons. The summed E-state index contributed by atoms with van der Waals surface area (Å²) in [6, 6.07) is 16.9. The minimum atomic E-state index is -4.29. The molecular weight excluding hydrogens is 515 g/mol. The van der Waals surface area contributed by atoms with Crippen LogP contribution in [0, 0.1) is 12.8 Å².